The first kappa shape index (κ1) is 94.5. The van der Waals surface area contributed by atoms with Crippen molar-refractivity contribution in [2.24, 2.45) is 0 Å². The molecule has 1 saturated heterocycles. The summed E-state index contributed by atoms with van der Waals surface area (Å²) in [6.45, 7) is 17.9. The van der Waals surface area contributed by atoms with Gasteiger partial charge in [0.1, 0.15) is 45.7 Å². The second-order valence-corrected chi connectivity index (χ2v) is 34.4. The van der Waals surface area contributed by atoms with E-state index < -0.39 is 96.1 Å². The lowest BCUT2D eigenvalue weighted by Crippen LogP contribution is -2.63. The maximum atomic E-state index is 16.9. The molecule has 15 aromatic rings. The molecule has 732 valence electrons. The number of esters is 5. The lowest BCUT2D eigenvalue weighted by atomic mass is 9.97. The molecular weight excluding hydrogens is 1870 g/mol. The molecule has 21 rings (SSSR count). The molecule has 15 aromatic carbocycles. The van der Waals surface area contributed by atoms with Crippen molar-refractivity contribution in [3.8, 4) is 86.2 Å². The highest BCUT2D eigenvalue weighted by Crippen LogP contribution is 2.60. The summed E-state index contributed by atoms with van der Waals surface area (Å²) < 4.78 is 144. The average molecular weight is 1960 g/mol. The van der Waals surface area contributed by atoms with Crippen LogP contribution in [0.2, 0.25) is 0 Å². The summed E-state index contributed by atoms with van der Waals surface area (Å²) >= 11 is 0. The van der Waals surface area contributed by atoms with Crippen molar-refractivity contribution in [1.82, 2.24) is 0 Å². The molecule has 0 N–H and O–H groups in total. The van der Waals surface area contributed by atoms with Crippen LogP contribution in [-0.4, -0.2) is 100 Å². The van der Waals surface area contributed by atoms with E-state index >= 15 is 24.0 Å². The van der Waals surface area contributed by atoms with Gasteiger partial charge in [-0.15, -0.1) is 0 Å². The molecule has 0 bridgehead atoms. The van der Waals surface area contributed by atoms with E-state index in [1.165, 1.54) is 91.0 Å². The van der Waals surface area contributed by atoms with Crippen LogP contribution in [0.1, 0.15) is 107 Å². The van der Waals surface area contributed by atoms with Crippen molar-refractivity contribution in [3.63, 3.8) is 0 Å². The van der Waals surface area contributed by atoms with E-state index in [1.807, 2.05) is 303 Å². The molecule has 6 aliphatic rings. The van der Waals surface area contributed by atoms with Crippen LogP contribution in [0.15, 0.2) is 427 Å². The fourth-order valence-electron chi connectivity index (χ4n) is 18.3. The van der Waals surface area contributed by atoms with Crippen LogP contribution >= 0.6 is 0 Å². The van der Waals surface area contributed by atoms with E-state index in [9.17, 15) is 0 Å². The van der Waals surface area contributed by atoms with Gasteiger partial charge in [0.15, 0.2) is 69.7 Å². The quantitative estimate of drug-likeness (QED) is 0.0200. The monoisotopic (exact) mass is 1960 g/mol. The number of benzene rings is 15. The minimum absolute atomic E-state index is 0.00991. The summed E-state index contributed by atoms with van der Waals surface area (Å²) in [6.07, 6.45) is -4.12. The molecule has 0 spiro atoms. The van der Waals surface area contributed by atoms with Gasteiger partial charge in [0, 0.05) is 55.6 Å². The highest BCUT2D eigenvalue weighted by atomic mass is 16.8. The Kier molecular flexibility index (Phi) is 26.2. The van der Waals surface area contributed by atoms with Crippen LogP contribution in [0.25, 0.3) is 0 Å². The molecule has 0 unspecified atom stereocenters. The van der Waals surface area contributed by atoms with Crippen molar-refractivity contribution >= 4 is 29.8 Å². The van der Waals surface area contributed by atoms with Gasteiger partial charge in [-0.2, -0.15) is 0 Å². The maximum Gasteiger partial charge on any atom is 0.340 e. The van der Waals surface area contributed by atoms with Crippen molar-refractivity contribution in [1.29, 1.82) is 0 Å². The number of carbonyl (C=O) groups excluding carboxylic acids is 5. The zero-order valence-electron chi connectivity index (χ0n) is 78.8. The van der Waals surface area contributed by atoms with Crippen LogP contribution < -0.4 is 71.1 Å². The van der Waals surface area contributed by atoms with E-state index in [4.69, 9.17) is 99.5 Å². The van der Waals surface area contributed by atoms with Crippen LogP contribution in [0.4, 0.5) is 0 Å². The summed E-state index contributed by atoms with van der Waals surface area (Å²) in [4.78, 5) is 82.9. The van der Waals surface area contributed by atoms with Gasteiger partial charge in [-0.25, -0.2) is 24.0 Å². The van der Waals surface area contributed by atoms with Crippen molar-refractivity contribution < 1.29 is 123 Å². The van der Waals surface area contributed by atoms with Gasteiger partial charge in [0.2, 0.25) is 41.1 Å². The Morgan fingerprint density at radius 3 is 0.633 bits per heavy atom. The Bertz CT molecular complexity index is 7270. The first-order valence-electron chi connectivity index (χ1n) is 47.2. The Morgan fingerprint density at radius 2 is 0.422 bits per heavy atom. The van der Waals surface area contributed by atoms with E-state index in [0.29, 0.717) is 55.6 Å². The molecule has 6 aliphatic heterocycles. The summed E-state index contributed by atoms with van der Waals surface area (Å²) in [5, 5.41) is 0. The Labute approximate surface area is 844 Å². The number of hydrogen-bond acceptors (Lipinski definition) is 26. The highest BCUT2D eigenvalue weighted by molar-refractivity contribution is 5.96. The molecule has 26 heteroatoms. The summed E-state index contributed by atoms with van der Waals surface area (Å²) in [6, 6.07) is 104. The SMILES string of the molecule is C=CCOc1cc(C(=O)OC[C@H]2O[C@H](OC(=O)c3cc(OCC=C)c4c(c3)OC(c3ccccc3)(c3ccccc3)O4)[C@H](OC(=O)c3cc(OCC=C)c4c(c3)OC(c3ccccc3)(c3ccccc3)O4)[C@@H](OC(=O)c3cc(OCC=C)c4c(c3)OC(c3ccccc3)(c3ccccc3)O4)[C@@H]2OC(=O)c2cc(OCC=C)c3c(c2)OC(c2ccccc2)(c2ccccc2)O3)cc2c1OC(c1ccccc1)(c1ccccc1)O2. The van der Waals surface area contributed by atoms with E-state index in [0.717, 1.165) is 0 Å². The van der Waals surface area contributed by atoms with Gasteiger partial charge in [-0.3, -0.25) is 0 Å². The Hall–Kier alpha value is -18.7. The second kappa shape index (κ2) is 40.7. The normalized spacial score (nSPS) is 17.2. The zero-order chi connectivity index (χ0) is 101. The topological polar surface area (TPSA) is 279 Å². The van der Waals surface area contributed by atoms with Crippen LogP contribution in [0.5, 0.6) is 86.2 Å². The molecule has 6 heterocycles. The van der Waals surface area contributed by atoms with Gasteiger partial charge in [-0.05, 0) is 60.7 Å². The largest absolute Gasteiger partial charge is 0.485 e. The number of fused-ring (bicyclic) bond motifs is 5. The summed E-state index contributed by atoms with van der Waals surface area (Å²) in [7, 11) is 0. The molecule has 0 saturated carbocycles. The third-order valence-electron chi connectivity index (χ3n) is 25.0. The van der Waals surface area contributed by atoms with Crippen molar-refractivity contribution in [2.45, 2.75) is 59.6 Å². The predicted molar refractivity (Wildman–Crippen MR) is 537 cm³/mol. The molecular formula is C121H92O26. The fraction of sp³-hybridized carbons (Fsp3) is 0.132. The summed E-state index contributed by atoms with van der Waals surface area (Å²) in [5.41, 5.74) is 3.87. The Morgan fingerprint density at radius 1 is 0.231 bits per heavy atom. The molecule has 26 nitrogen and oxygen atoms in total. The van der Waals surface area contributed by atoms with Crippen LogP contribution in [0, 0.1) is 0 Å². The molecule has 0 amide bonds. The minimum Gasteiger partial charge on any atom is -0.485 e. The molecule has 0 aromatic heterocycles. The summed E-state index contributed by atoms with van der Waals surface area (Å²) in [5.74, 6) is -14.9. The third-order valence-corrected chi connectivity index (χ3v) is 25.0. The lowest BCUT2D eigenvalue weighted by Gasteiger charge is -2.43. The third kappa shape index (κ3) is 18.1. The van der Waals surface area contributed by atoms with Crippen LogP contribution in [-0.2, 0) is 57.4 Å². The standard InChI is InChI=1S/C121H92O26/c1-6-61-127-92-66-77(71-97-103(92)143-117(138-97,82-41-21-11-22-42-82)83-43-23-12-24-44-83)111(122)132-76-102-108(134-112(123)78-67-93(128-62-7-2)104-98(72-78)139-118(144-104,84-45-25-13-26-46-84)85-47-27-14-28-48-85)109(135-113(124)79-68-94(129-63-8-3)105-99(73-79)140-119(145-105,86-49-29-15-30-50-86)87-51-31-16-32-52-87)110(136-114(125)80-69-95(130-64-9-4)106-100(74-80)141-120(146-106,88-53-33-17-34-54-88)89-55-35-18-36-56-89)116(133-102)137-115(126)81-70-96(131-65-10-5)107-101(75-81)142-121(147-107,90-57-37-19-38-58-90)91-59-39-20-40-60-91/h6-60,66-75,102,108-110,116H,1-5,61-65,76H2/t102-,108-,109+,110-,116-/m1/s1. The Balaban J connectivity index is 0.752. The predicted octanol–water partition coefficient (Wildman–Crippen LogP) is 22.3. The first-order chi connectivity index (χ1) is 72.0. The highest BCUT2D eigenvalue weighted by Gasteiger charge is 2.59. The maximum absolute atomic E-state index is 16.9. The van der Waals surface area contributed by atoms with Crippen LogP contribution in [0.3, 0.4) is 0 Å². The van der Waals surface area contributed by atoms with E-state index in [-0.39, 0.29) is 147 Å². The van der Waals surface area contributed by atoms with Gasteiger partial charge < -0.3 is 99.5 Å². The molecule has 147 heavy (non-hydrogen) atoms. The molecule has 0 aliphatic carbocycles. The van der Waals surface area contributed by atoms with Gasteiger partial charge in [0.25, 0.3) is 0 Å². The van der Waals surface area contributed by atoms with Crippen molar-refractivity contribution in [2.75, 3.05) is 39.6 Å². The second-order valence-electron chi connectivity index (χ2n) is 34.4. The number of rotatable bonds is 36. The average Bonchev–Trinajstić information content (AvgIpc) is 1.59. The number of carbonyl (C=O) groups is 5. The smallest absolute Gasteiger partial charge is 0.340 e. The zero-order valence-corrected chi connectivity index (χ0v) is 78.8. The number of ether oxygens (including phenoxy) is 21. The molecule has 5 atom stereocenters. The minimum atomic E-state index is -2.43. The van der Waals surface area contributed by atoms with Gasteiger partial charge in [-0.1, -0.05) is 367 Å². The fourth-order valence-corrected chi connectivity index (χ4v) is 18.3. The van der Waals surface area contributed by atoms with E-state index in [2.05, 4.69) is 32.9 Å². The number of hydrogen-bond donors (Lipinski definition) is 0. The van der Waals surface area contributed by atoms with Gasteiger partial charge in [0.05, 0.1) is 27.8 Å². The molecule has 0 radical (unpaired) electrons. The molecule has 1 fully saturated rings. The first-order valence-corrected chi connectivity index (χ1v) is 47.2. The van der Waals surface area contributed by atoms with Crippen molar-refractivity contribution in [3.05, 3.63) is 511 Å². The van der Waals surface area contributed by atoms with Gasteiger partial charge >= 0.3 is 58.8 Å². The lowest BCUT2D eigenvalue weighted by molar-refractivity contribution is -0.282. The van der Waals surface area contributed by atoms with E-state index in [1.54, 1.807) is 0 Å².